The molecular formula is C21H28N2O3. The van der Waals surface area contributed by atoms with Gasteiger partial charge in [-0.05, 0) is 54.8 Å². The molecule has 140 valence electrons. The third kappa shape index (κ3) is 5.01. The summed E-state index contributed by atoms with van der Waals surface area (Å²) in [6.45, 7) is 0.432. The van der Waals surface area contributed by atoms with Gasteiger partial charge in [-0.2, -0.15) is 0 Å². The maximum atomic E-state index is 12.3. The van der Waals surface area contributed by atoms with Gasteiger partial charge in [-0.3, -0.25) is 14.4 Å². The van der Waals surface area contributed by atoms with E-state index in [1.807, 2.05) is 18.2 Å². The third-order valence-electron chi connectivity index (χ3n) is 5.56. The first kappa shape index (κ1) is 18.8. The molecule has 0 heterocycles. The second kappa shape index (κ2) is 8.58. The quantitative estimate of drug-likeness (QED) is 0.781. The summed E-state index contributed by atoms with van der Waals surface area (Å²) < 4.78 is 0. The third-order valence-corrected chi connectivity index (χ3v) is 5.56. The topological polar surface area (TPSA) is 89.3 Å². The molecular weight excluding hydrogens is 328 g/mol. The van der Waals surface area contributed by atoms with E-state index in [0.717, 1.165) is 42.4 Å². The van der Waals surface area contributed by atoms with Gasteiger partial charge in [0.25, 0.3) is 0 Å². The van der Waals surface area contributed by atoms with Crippen LogP contribution in [0.5, 0.6) is 0 Å². The van der Waals surface area contributed by atoms with Crippen LogP contribution in [0.4, 0.5) is 0 Å². The van der Waals surface area contributed by atoms with Gasteiger partial charge >= 0.3 is 0 Å². The fourth-order valence-corrected chi connectivity index (χ4v) is 4.17. The fourth-order valence-electron chi connectivity index (χ4n) is 4.17. The molecule has 26 heavy (non-hydrogen) atoms. The molecule has 0 atom stereocenters. The van der Waals surface area contributed by atoms with E-state index in [9.17, 15) is 14.4 Å². The highest BCUT2D eigenvalue weighted by molar-refractivity contribution is 5.88. The molecule has 5 heteroatoms. The van der Waals surface area contributed by atoms with E-state index in [1.165, 1.54) is 0 Å². The van der Waals surface area contributed by atoms with Gasteiger partial charge in [0.2, 0.25) is 5.91 Å². The zero-order chi connectivity index (χ0) is 18.5. The van der Waals surface area contributed by atoms with E-state index >= 15 is 0 Å². The number of hydrogen-bond acceptors (Lipinski definition) is 4. The Kier molecular flexibility index (Phi) is 6.20. The molecule has 2 aliphatic rings. The van der Waals surface area contributed by atoms with Crippen molar-refractivity contribution in [1.82, 2.24) is 5.32 Å². The molecule has 1 fully saturated rings. The minimum Gasteiger partial charge on any atom is -0.353 e. The van der Waals surface area contributed by atoms with Crippen LogP contribution in [0.15, 0.2) is 18.2 Å². The van der Waals surface area contributed by atoms with Crippen LogP contribution in [0.2, 0.25) is 0 Å². The maximum absolute atomic E-state index is 12.3. The van der Waals surface area contributed by atoms with Gasteiger partial charge in [0, 0.05) is 31.7 Å². The Morgan fingerprint density at radius 3 is 2.54 bits per heavy atom. The highest BCUT2D eigenvalue weighted by Gasteiger charge is 2.24. The molecule has 1 amide bonds. The number of Topliss-reactive ketones (excluding diaryl/α,β-unsaturated/α-hetero) is 2. The highest BCUT2D eigenvalue weighted by atomic mass is 16.1. The average Bonchev–Trinajstić information content (AvgIpc) is 2.96. The number of ketones is 2. The summed E-state index contributed by atoms with van der Waals surface area (Å²) in [7, 11) is 0. The summed E-state index contributed by atoms with van der Waals surface area (Å²) in [5.74, 6) is 0.992. The van der Waals surface area contributed by atoms with Gasteiger partial charge in [-0.25, -0.2) is 0 Å². The Balaban J connectivity index is 1.43. The van der Waals surface area contributed by atoms with Gasteiger partial charge in [0.05, 0.1) is 6.42 Å². The number of nitrogens with one attached hydrogen (secondary N) is 1. The first-order valence-corrected chi connectivity index (χ1v) is 9.67. The first-order chi connectivity index (χ1) is 12.5. The molecule has 0 radical (unpaired) electrons. The molecule has 2 aliphatic carbocycles. The van der Waals surface area contributed by atoms with Gasteiger partial charge in [-0.1, -0.05) is 18.2 Å². The smallest absolute Gasteiger partial charge is 0.224 e. The Labute approximate surface area is 154 Å². The summed E-state index contributed by atoms with van der Waals surface area (Å²) in [6, 6.07) is 6.14. The van der Waals surface area contributed by atoms with Crippen LogP contribution >= 0.6 is 0 Å². The van der Waals surface area contributed by atoms with E-state index in [-0.39, 0.29) is 23.5 Å². The minimum absolute atomic E-state index is 0.0388. The van der Waals surface area contributed by atoms with Crippen LogP contribution in [0.3, 0.4) is 0 Å². The molecule has 0 aromatic heterocycles. The van der Waals surface area contributed by atoms with Crippen molar-refractivity contribution in [3.05, 3.63) is 34.9 Å². The van der Waals surface area contributed by atoms with Crippen LogP contribution in [-0.2, 0) is 33.6 Å². The Hall–Kier alpha value is -2.01. The van der Waals surface area contributed by atoms with E-state index < -0.39 is 0 Å². The summed E-state index contributed by atoms with van der Waals surface area (Å²) in [6.07, 6.45) is 6.34. The van der Waals surface area contributed by atoms with Crippen LogP contribution in [0, 0.1) is 5.92 Å². The second-order valence-electron chi connectivity index (χ2n) is 7.74. The SMILES string of the molecule is NCCC(=O)CC1CCC(NC(=O)Cc2ccc3c(c2)CC(=O)C3)CC1. The predicted molar refractivity (Wildman–Crippen MR) is 99.7 cm³/mol. The van der Waals surface area contributed by atoms with Crippen molar-refractivity contribution in [1.29, 1.82) is 0 Å². The molecule has 3 N–H and O–H groups in total. The molecule has 5 nitrogen and oxygen atoms in total. The van der Waals surface area contributed by atoms with Crippen LogP contribution in [-0.4, -0.2) is 30.1 Å². The van der Waals surface area contributed by atoms with E-state index in [1.54, 1.807) is 0 Å². The van der Waals surface area contributed by atoms with Crippen molar-refractivity contribution < 1.29 is 14.4 Å². The number of benzene rings is 1. The molecule has 0 unspecified atom stereocenters. The lowest BCUT2D eigenvalue weighted by atomic mass is 9.82. The number of rotatable bonds is 7. The van der Waals surface area contributed by atoms with Crippen LogP contribution in [0.25, 0.3) is 0 Å². The molecule has 0 aliphatic heterocycles. The minimum atomic E-state index is 0.0388. The second-order valence-corrected chi connectivity index (χ2v) is 7.74. The molecule has 0 spiro atoms. The summed E-state index contributed by atoms with van der Waals surface area (Å²) in [5, 5.41) is 3.13. The average molecular weight is 356 g/mol. The van der Waals surface area contributed by atoms with Crippen molar-refractivity contribution in [2.24, 2.45) is 11.7 Å². The zero-order valence-electron chi connectivity index (χ0n) is 15.3. The number of carbonyl (C=O) groups excluding carboxylic acids is 3. The Bertz CT molecular complexity index is 690. The van der Waals surface area contributed by atoms with Crippen molar-refractivity contribution in [3.8, 4) is 0 Å². The number of fused-ring (bicyclic) bond motifs is 1. The van der Waals surface area contributed by atoms with Crippen LogP contribution in [0.1, 0.15) is 55.2 Å². The van der Waals surface area contributed by atoms with Gasteiger partial charge in [-0.15, -0.1) is 0 Å². The molecule has 1 aromatic carbocycles. The number of carbonyl (C=O) groups is 3. The standard InChI is InChI=1S/C21H28N2O3/c22-8-7-19(24)10-14-2-5-18(6-3-14)23-21(26)11-15-1-4-16-12-20(25)13-17(16)9-15/h1,4,9,14,18H,2-3,5-8,10-13,22H2,(H,23,26). The van der Waals surface area contributed by atoms with Crippen molar-refractivity contribution in [3.63, 3.8) is 0 Å². The monoisotopic (exact) mass is 356 g/mol. The van der Waals surface area contributed by atoms with Crippen molar-refractivity contribution in [2.45, 2.75) is 63.8 Å². The summed E-state index contributed by atoms with van der Waals surface area (Å²) in [5.41, 5.74) is 8.57. The first-order valence-electron chi connectivity index (χ1n) is 9.67. The van der Waals surface area contributed by atoms with E-state index in [2.05, 4.69) is 5.32 Å². The molecule has 1 saturated carbocycles. The maximum Gasteiger partial charge on any atom is 0.224 e. The Morgan fingerprint density at radius 2 is 1.81 bits per heavy atom. The van der Waals surface area contributed by atoms with Gasteiger partial charge in [0.1, 0.15) is 11.6 Å². The lowest BCUT2D eigenvalue weighted by molar-refractivity contribution is -0.122. The van der Waals surface area contributed by atoms with Crippen molar-refractivity contribution in [2.75, 3.05) is 6.54 Å². The molecule has 1 aromatic rings. The van der Waals surface area contributed by atoms with Gasteiger partial charge < -0.3 is 11.1 Å². The van der Waals surface area contributed by atoms with E-state index in [4.69, 9.17) is 5.73 Å². The lowest BCUT2D eigenvalue weighted by Gasteiger charge is -2.28. The number of amides is 1. The normalized spacial score (nSPS) is 22.1. The summed E-state index contributed by atoms with van der Waals surface area (Å²) in [4.78, 5) is 35.6. The largest absolute Gasteiger partial charge is 0.353 e. The molecule has 3 rings (SSSR count). The summed E-state index contributed by atoms with van der Waals surface area (Å²) >= 11 is 0. The fraction of sp³-hybridized carbons (Fsp3) is 0.571. The molecule has 0 bridgehead atoms. The lowest BCUT2D eigenvalue weighted by Crippen LogP contribution is -2.38. The Morgan fingerprint density at radius 1 is 1.08 bits per heavy atom. The van der Waals surface area contributed by atoms with Gasteiger partial charge in [0.15, 0.2) is 0 Å². The number of nitrogens with two attached hydrogens (primary N) is 1. The number of hydrogen-bond donors (Lipinski definition) is 2. The highest BCUT2D eigenvalue weighted by Crippen LogP contribution is 2.27. The molecule has 0 saturated heterocycles. The predicted octanol–water partition coefficient (Wildman–Crippen LogP) is 1.88. The zero-order valence-corrected chi connectivity index (χ0v) is 15.3. The van der Waals surface area contributed by atoms with E-state index in [0.29, 0.717) is 44.6 Å². The van der Waals surface area contributed by atoms with Crippen molar-refractivity contribution >= 4 is 17.5 Å². The van der Waals surface area contributed by atoms with Crippen LogP contribution < -0.4 is 11.1 Å².